The van der Waals surface area contributed by atoms with Crippen LogP contribution in [0, 0.1) is 25.2 Å². The van der Waals surface area contributed by atoms with Gasteiger partial charge < -0.3 is 10.1 Å². The van der Waals surface area contributed by atoms with Crippen LogP contribution in [0.2, 0.25) is 0 Å². The van der Waals surface area contributed by atoms with Crippen LogP contribution >= 0.6 is 11.8 Å². The molecule has 0 spiro atoms. The van der Waals surface area contributed by atoms with E-state index in [9.17, 15) is 18.5 Å². The lowest BCUT2D eigenvalue weighted by atomic mass is 10.2. The zero-order valence-electron chi connectivity index (χ0n) is 18.2. The second-order valence-corrected chi connectivity index (χ2v) is 10.2. The third-order valence-electron chi connectivity index (χ3n) is 5.02. The molecule has 32 heavy (non-hydrogen) atoms. The number of benzene rings is 1. The van der Waals surface area contributed by atoms with Crippen LogP contribution in [-0.4, -0.2) is 54.6 Å². The van der Waals surface area contributed by atoms with E-state index in [1.165, 1.54) is 29.6 Å². The first-order valence-electron chi connectivity index (χ1n) is 10.1. The fourth-order valence-corrected chi connectivity index (χ4v) is 5.85. The molecular weight excluding hydrogens is 450 g/mol. The molecule has 2 heterocycles. The second kappa shape index (κ2) is 10.3. The number of hydrogen-bond acceptors (Lipinski definition) is 8. The summed E-state index contributed by atoms with van der Waals surface area (Å²) >= 11 is 1.12. The number of sulfonamides is 1. The van der Waals surface area contributed by atoms with Gasteiger partial charge in [-0.25, -0.2) is 18.4 Å². The van der Waals surface area contributed by atoms with E-state index in [4.69, 9.17) is 4.74 Å². The highest BCUT2D eigenvalue weighted by Gasteiger charge is 2.27. The number of nitrogens with one attached hydrogen (secondary N) is 1. The fourth-order valence-electron chi connectivity index (χ4n) is 3.43. The Morgan fingerprint density at radius 1 is 1.25 bits per heavy atom. The van der Waals surface area contributed by atoms with E-state index < -0.39 is 10.0 Å². The Balaban J connectivity index is 1.77. The Morgan fingerprint density at radius 3 is 2.62 bits per heavy atom. The van der Waals surface area contributed by atoms with Gasteiger partial charge >= 0.3 is 0 Å². The van der Waals surface area contributed by atoms with Crippen LogP contribution in [0.1, 0.15) is 36.3 Å². The lowest BCUT2D eigenvalue weighted by molar-refractivity contribution is -0.113. The van der Waals surface area contributed by atoms with Crippen LogP contribution in [0.4, 0.5) is 5.69 Å². The fraction of sp³-hybridized carbons (Fsp3) is 0.429. The molecule has 1 aliphatic heterocycles. The number of carbonyl (C=O) groups excluding carboxylic acids is 1. The van der Waals surface area contributed by atoms with Gasteiger partial charge in [0.2, 0.25) is 15.9 Å². The second-order valence-electron chi connectivity index (χ2n) is 7.31. The largest absolute Gasteiger partial charge is 0.495 e. The molecule has 11 heteroatoms. The molecule has 1 aromatic carbocycles. The summed E-state index contributed by atoms with van der Waals surface area (Å²) in [6.45, 7) is 4.42. The normalized spacial score (nSPS) is 14.6. The standard InChI is InChI=1S/C21H25N5O4S2/c1-14-17(12-22)21(24-15(2)23-14)31-13-20(27)25-18-11-16(7-8-19(18)30-3)32(28,29)26-9-5-4-6-10-26/h7-8,11H,4-6,9-10,13H2,1-3H3,(H,25,27). The van der Waals surface area contributed by atoms with Crippen molar-refractivity contribution in [3.05, 3.63) is 35.3 Å². The van der Waals surface area contributed by atoms with Crippen LogP contribution < -0.4 is 10.1 Å². The monoisotopic (exact) mass is 475 g/mol. The summed E-state index contributed by atoms with van der Waals surface area (Å²) in [5.41, 5.74) is 1.16. The summed E-state index contributed by atoms with van der Waals surface area (Å²) in [5, 5.41) is 12.5. The highest BCUT2D eigenvalue weighted by Crippen LogP contribution is 2.30. The number of piperidine rings is 1. The van der Waals surface area contributed by atoms with Crippen molar-refractivity contribution in [3.63, 3.8) is 0 Å². The van der Waals surface area contributed by atoms with E-state index >= 15 is 0 Å². The molecule has 9 nitrogen and oxygen atoms in total. The summed E-state index contributed by atoms with van der Waals surface area (Å²) in [4.78, 5) is 21.1. The number of thioether (sulfide) groups is 1. The summed E-state index contributed by atoms with van der Waals surface area (Å²) in [7, 11) is -2.20. The molecule has 1 N–H and O–H groups in total. The maximum atomic E-state index is 13.0. The number of ether oxygens (including phenoxy) is 1. The number of aryl methyl sites for hydroxylation is 2. The molecule has 0 unspecified atom stereocenters. The predicted molar refractivity (Wildman–Crippen MR) is 121 cm³/mol. The van der Waals surface area contributed by atoms with Crippen molar-refractivity contribution in [2.45, 2.75) is 43.0 Å². The third-order valence-corrected chi connectivity index (χ3v) is 7.89. The predicted octanol–water partition coefficient (Wildman–Crippen LogP) is 2.88. The molecule has 0 atom stereocenters. The Bertz CT molecular complexity index is 1160. The SMILES string of the molecule is COc1ccc(S(=O)(=O)N2CCCCC2)cc1NC(=O)CSc1nc(C)nc(C)c1C#N. The third kappa shape index (κ3) is 5.38. The van der Waals surface area contributed by atoms with E-state index in [1.54, 1.807) is 13.8 Å². The number of nitrogens with zero attached hydrogens (tertiary/aromatic N) is 4. The molecule has 0 radical (unpaired) electrons. The molecule has 0 saturated carbocycles. The van der Waals surface area contributed by atoms with E-state index in [0.29, 0.717) is 40.9 Å². The minimum Gasteiger partial charge on any atom is -0.495 e. The lowest BCUT2D eigenvalue weighted by Crippen LogP contribution is -2.35. The topological polar surface area (TPSA) is 125 Å². The number of nitriles is 1. The Hall–Kier alpha value is -2.68. The van der Waals surface area contributed by atoms with E-state index in [0.717, 1.165) is 31.0 Å². The maximum absolute atomic E-state index is 13.0. The van der Waals surface area contributed by atoms with Gasteiger partial charge in [0.05, 0.1) is 29.1 Å². The maximum Gasteiger partial charge on any atom is 0.243 e. The minimum absolute atomic E-state index is 0.0170. The Kier molecular flexibility index (Phi) is 7.71. The van der Waals surface area contributed by atoms with Crippen molar-refractivity contribution in [1.29, 1.82) is 5.26 Å². The number of amides is 1. The molecule has 1 saturated heterocycles. The van der Waals surface area contributed by atoms with Gasteiger partial charge in [-0.2, -0.15) is 9.57 Å². The van der Waals surface area contributed by atoms with Crippen molar-refractivity contribution in [3.8, 4) is 11.8 Å². The minimum atomic E-state index is -3.65. The zero-order chi connectivity index (χ0) is 23.3. The van der Waals surface area contributed by atoms with Gasteiger partial charge in [0.25, 0.3) is 0 Å². The summed E-state index contributed by atoms with van der Waals surface area (Å²) in [5.74, 6) is 0.476. The molecule has 1 aliphatic rings. The number of aromatic nitrogens is 2. The Labute approximate surface area is 192 Å². The molecule has 1 amide bonds. The number of methoxy groups -OCH3 is 1. The average molecular weight is 476 g/mol. The van der Waals surface area contributed by atoms with Gasteiger partial charge in [-0.1, -0.05) is 18.2 Å². The smallest absolute Gasteiger partial charge is 0.243 e. The first-order chi connectivity index (χ1) is 15.3. The van der Waals surface area contributed by atoms with Crippen LogP contribution in [-0.2, 0) is 14.8 Å². The molecule has 2 aromatic rings. The van der Waals surface area contributed by atoms with Crippen LogP contribution in [0.15, 0.2) is 28.1 Å². The van der Waals surface area contributed by atoms with Crippen molar-refractivity contribution in [2.75, 3.05) is 31.3 Å². The number of carbonyl (C=O) groups is 1. The number of rotatable bonds is 7. The van der Waals surface area contributed by atoms with Crippen molar-refractivity contribution < 1.29 is 17.9 Å². The first-order valence-corrected chi connectivity index (χ1v) is 12.5. The molecule has 1 aromatic heterocycles. The van der Waals surface area contributed by atoms with Crippen LogP contribution in [0.3, 0.4) is 0 Å². The highest BCUT2D eigenvalue weighted by molar-refractivity contribution is 8.00. The average Bonchev–Trinajstić information content (AvgIpc) is 2.78. The molecule has 3 rings (SSSR count). The van der Waals surface area contributed by atoms with Gasteiger partial charge in [0.15, 0.2) is 0 Å². The lowest BCUT2D eigenvalue weighted by Gasteiger charge is -2.26. The summed E-state index contributed by atoms with van der Waals surface area (Å²) < 4.78 is 32.8. The highest BCUT2D eigenvalue weighted by atomic mass is 32.2. The Morgan fingerprint density at radius 2 is 1.97 bits per heavy atom. The molecule has 170 valence electrons. The first kappa shape index (κ1) is 24.0. The van der Waals surface area contributed by atoms with Gasteiger partial charge in [0.1, 0.15) is 28.2 Å². The van der Waals surface area contributed by atoms with Gasteiger partial charge in [-0.3, -0.25) is 4.79 Å². The van der Waals surface area contributed by atoms with Gasteiger partial charge in [0, 0.05) is 13.1 Å². The van der Waals surface area contributed by atoms with Gasteiger partial charge in [-0.15, -0.1) is 0 Å². The molecule has 0 bridgehead atoms. The van der Waals surface area contributed by atoms with Crippen molar-refractivity contribution >= 4 is 33.4 Å². The van der Waals surface area contributed by atoms with Crippen LogP contribution in [0.5, 0.6) is 5.75 Å². The molecular formula is C21H25N5O4S2. The zero-order valence-corrected chi connectivity index (χ0v) is 19.8. The molecule has 1 fully saturated rings. The van der Waals surface area contributed by atoms with E-state index in [2.05, 4.69) is 21.4 Å². The van der Waals surface area contributed by atoms with Gasteiger partial charge in [-0.05, 0) is 44.9 Å². The van der Waals surface area contributed by atoms with E-state index in [-0.39, 0.29) is 22.2 Å². The summed E-state index contributed by atoms with van der Waals surface area (Å²) in [6.07, 6.45) is 2.69. The summed E-state index contributed by atoms with van der Waals surface area (Å²) in [6, 6.07) is 6.51. The van der Waals surface area contributed by atoms with Crippen LogP contribution in [0.25, 0.3) is 0 Å². The quantitative estimate of drug-likeness (QED) is 0.479. The number of anilines is 1. The van der Waals surface area contributed by atoms with Crippen molar-refractivity contribution in [1.82, 2.24) is 14.3 Å². The van der Waals surface area contributed by atoms with E-state index in [1.807, 2.05) is 0 Å². The molecule has 0 aliphatic carbocycles. The van der Waals surface area contributed by atoms with Crippen molar-refractivity contribution in [2.24, 2.45) is 0 Å². The number of hydrogen-bond donors (Lipinski definition) is 1.